The van der Waals surface area contributed by atoms with Crippen LogP contribution in [0, 0.1) is 0 Å². The Labute approximate surface area is 120 Å². The van der Waals surface area contributed by atoms with Crippen molar-refractivity contribution in [2.45, 2.75) is 0 Å². The third kappa shape index (κ3) is 2.41. The normalized spacial score (nSPS) is 10.2. The summed E-state index contributed by atoms with van der Waals surface area (Å²) >= 11 is 0. The molecule has 20 heavy (non-hydrogen) atoms. The summed E-state index contributed by atoms with van der Waals surface area (Å²) in [6.45, 7) is 3.85. The van der Waals surface area contributed by atoms with E-state index in [2.05, 4.69) is 79.4 Å². The van der Waals surface area contributed by atoms with Gasteiger partial charge in [0.05, 0.1) is 0 Å². The Morgan fingerprint density at radius 2 is 1.20 bits per heavy atom. The number of rotatable bonds is 3. The van der Waals surface area contributed by atoms with Gasteiger partial charge in [-0.05, 0) is 33.9 Å². The summed E-state index contributed by atoms with van der Waals surface area (Å²) in [6, 6.07) is 27.5. The Morgan fingerprint density at radius 3 is 1.90 bits per heavy atom. The fraction of sp³-hybridized carbons (Fsp3) is 0. The van der Waals surface area contributed by atoms with Gasteiger partial charge in [-0.1, -0.05) is 85.5 Å². The molecule has 3 rings (SSSR count). The average Bonchev–Trinajstić information content (AvgIpc) is 2.56. The third-order valence-electron chi connectivity index (χ3n) is 3.45. The molecule has 0 radical (unpaired) electrons. The van der Waals surface area contributed by atoms with Crippen molar-refractivity contribution in [1.29, 1.82) is 0 Å². The van der Waals surface area contributed by atoms with Crippen LogP contribution >= 0.6 is 0 Å². The average molecular weight is 256 g/mol. The lowest BCUT2D eigenvalue weighted by Crippen LogP contribution is -1.85. The maximum atomic E-state index is 3.85. The van der Waals surface area contributed by atoms with Gasteiger partial charge in [0, 0.05) is 0 Å². The van der Waals surface area contributed by atoms with Crippen molar-refractivity contribution in [2.24, 2.45) is 0 Å². The molecule has 0 aromatic heterocycles. The van der Waals surface area contributed by atoms with E-state index in [1.54, 1.807) is 0 Å². The summed E-state index contributed by atoms with van der Waals surface area (Å²) < 4.78 is 0. The van der Waals surface area contributed by atoms with Crippen LogP contribution in [0.15, 0.2) is 85.4 Å². The molecule has 0 aliphatic rings. The molecule has 0 aliphatic carbocycles. The van der Waals surface area contributed by atoms with E-state index in [0.717, 1.165) is 5.56 Å². The van der Waals surface area contributed by atoms with E-state index >= 15 is 0 Å². The van der Waals surface area contributed by atoms with E-state index in [-0.39, 0.29) is 0 Å². The molecule has 96 valence electrons. The van der Waals surface area contributed by atoms with Gasteiger partial charge in [-0.15, -0.1) is 0 Å². The van der Waals surface area contributed by atoms with Crippen LogP contribution in [0.3, 0.4) is 0 Å². The van der Waals surface area contributed by atoms with Gasteiger partial charge >= 0.3 is 0 Å². The summed E-state index contributed by atoms with van der Waals surface area (Å²) in [5, 5.41) is 0. The molecular formula is C20H16. The number of hydrogen-bond acceptors (Lipinski definition) is 0. The maximum Gasteiger partial charge on any atom is -0.0105 e. The number of hydrogen-bond donors (Lipinski definition) is 0. The lowest BCUT2D eigenvalue weighted by atomic mass is 9.94. The highest BCUT2D eigenvalue weighted by atomic mass is 14.1. The molecular weight excluding hydrogens is 240 g/mol. The zero-order chi connectivity index (χ0) is 13.8. The van der Waals surface area contributed by atoms with Crippen molar-refractivity contribution in [1.82, 2.24) is 0 Å². The van der Waals surface area contributed by atoms with Crippen LogP contribution in [-0.4, -0.2) is 0 Å². The van der Waals surface area contributed by atoms with E-state index in [1.165, 1.54) is 22.3 Å². The monoisotopic (exact) mass is 256 g/mol. The van der Waals surface area contributed by atoms with Crippen LogP contribution in [0.5, 0.6) is 0 Å². The Morgan fingerprint density at radius 1 is 0.600 bits per heavy atom. The van der Waals surface area contributed by atoms with Crippen LogP contribution in [0.1, 0.15) is 5.56 Å². The first-order valence-corrected chi connectivity index (χ1v) is 6.76. The second kappa shape index (κ2) is 5.58. The van der Waals surface area contributed by atoms with Gasteiger partial charge in [-0.2, -0.15) is 0 Å². The summed E-state index contributed by atoms with van der Waals surface area (Å²) in [4.78, 5) is 0. The maximum absolute atomic E-state index is 3.85. The molecule has 0 fully saturated rings. The fourth-order valence-corrected chi connectivity index (χ4v) is 2.44. The van der Waals surface area contributed by atoms with Crippen LogP contribution in [-0.2, 0) is 0 Å². The Bertz CT molecular complexity index is 724. The largest absolute Gasteiger partial charge is 0.0985 e. The molecule has 0 spiro atoms. The molecule has 0 saturated carbocycles. The van der Waals surface area contributed by atoms with Gasteiger partial charge in [0.2, 0.25) is 0 Å². The van der Waals surface area contributed by atoms with Gasteiger partial charge in [0.15, 0.2) is 0 Å². The number of benzene rings is 3. The third-order valence-corrected chi connectivity index (χ3v) is 3.45. The van der Waals surface area contributed by atoms with E-state index < -0.39 is 0 Å². The lowest BCUT2D eigenvalue weighted by molar-refractivity contribution is 1.57. The SMILES string of the molecule is C=Cc1cccc(-c2ccccc2-c2ccccc2)c1. The van der Waals surface area contributed by atoms with E-state index in [9.17, 15) is 0 Å². The summed E-state index contributed by atoms with van der Waals surface area (Å²) in [6.07, 6.45) is 1.88. The van der Waals surface area contributed by atoms with Gasteiger partial charge in [-0.25, -0.2) is 0 Å². The van der Waals surface area contributed by atoms with Crippen molar-refractivity contribution in [3.05, 3.63) is 91.0 Å². The fourth-order valence-electron chi connectivity index (χ4n) is 2.44. The Balaban J connectivity index is 2.17. The minimum atomic E-state index is 1.14. The first-order chi connectivity index (χ1) is 9.88. The molecule has 3 aromatic carbocycles. The molecule has 0 atom stereocenters. The zero-order valence-corrected chi connectivity index (χ0v) is 11.3. The van der Waals surface area contributed by atoms with Crippen molar-refractivity contribution in [3.8, 4) is 22.3 Å². The molecule has 0 heterocycles. The van der Waals surface area contributed by atoms with Gasteiger partial charge in [0.1, 0.15) is 0 Å². The molecule has 0 unspecified atom stereocenters. The minimum Gasteiger partial charge on any atom is -0.0985 e. The topological polar surface area (TPSA) is 0 Å². The van der Waals surface area contributed by atoms with Crippen molar-refractivity contribution >= 4 is 6.08 Å². The summed E-state index contributed by atoms with van der Waals surface area (Å²) in [7, 11) is 0. The highest BCUT2D eigenvalue weighted by molar-refractivity contribution is 5.84. The van der Waals surface area contributed by atoms with Crippen LogP contribution in [0.2, 0.25) is 0 Å². The second-order valence-electron chi connectivity index (χ2n) is 4.74. The molecule has 0 heteroatoms. The Hall–Kier alpha value is -2.60. The second-order valence-corrected chi connectivity index (χ2v) is 4.74. The highest BCUT2D eigenvalue weighted by Gasteiger charge is 2.06. The summed E-state index contributed by atoms with van der Waals surface area (Å²) in [5.74, 6) is 0. The highest BCUT2D eigenvalue weighted by Crippen LogP contribution is 2.32. The standard InChI is InChI=1S/C20H16/c1-2-16-9-8-12-18(15-16)20-14-7-6-13-19(20)17-10-4-3-5-11-17/h2-15H,1H2. The Kier molecular flexibility index (Phi) is 3.47. The molecule has 0 amide bonds. The molecule has 0 saturated heterocycles. The predicted octanol–water partition coefficient (Wildman–Crippen LogP) is 5.66. The van der Waals surface area contributed by atoms with Crippen LogP contribution in [0.25, 0.3) is 28.3 Å². The summed E-state index contributed by atoms with van der Waals surface area (Å²) in [5.41, 5.74) is 6.12. The quantitative estimate of drug-likeness (QED) is 0.567. The van der Waals surface area contributed by atoms with Crippen molar-refractivity contribution < 1.29 is 0 Å². The van der Waals surface area contributed by atoms with E-state index in [0.29, 0.717) is 0 Å². The van der Waals surface area contributed by atoms with Gasteiger partial charge in [0.25, 0.3) is 0 Å². The van der Waals surface area contributed by atoms with Crippen LogP contribution < -0.4 is 0 Å². The lowest BCUT2D eigenvalue weighted by Gasteiger charge is -2.10. The van der Waals surface area contributed by atoms with Crippen molar-refractivity contribution in [2.75, 3.05) is 0 Å². The van der Waals surface area contributed by atoms with E-state index in [4.69, 9.17) is 0 Å². The van der Waals surface area contributed by atoms with Gasteiger partial charge in [-0.3, -0.25) is 0 Å². The van der Waals surface area contributed by atoms with Crippen LogP contribution in [0.4, 0.5) is 0 Å². The van der Waals surface area contributed by atoms with Gasteiger partial charge < -0.3 is 0 Å². The van der Waals surface area contributed by atoms with Crippen molar-refractivity contribution in [3.63, 3.8) is 0 Å². The predicted molar refractivity (Wildman–Crippen MR) is 87.4 cm³/mol. The van der Waals surface area contributed by atoms with E-state index in [1.807, 2.05) is 12.1 Å². The zero-order valence-electron chi connectivity index (χ0n) is 11.3. The first-order valence-electron chi connectivity index (χ1n) is 6.76. The molecule has 3 aromatic rings. The minimum absolute atomic E-state index is 1.14. The molecule has 0 nitrogen and oxygen atoms in total. The first kappa shape index (κ1) is 12.4. The smallest absolute Gasteiger partial charge is 0.0105 e. The molecule has 0 bridgehead atoms. The molecule has 0 aliphatic heterocycles. The molecule has 0 N–H and O–H groups in total.